The van der Waals surface area contributed by atoms with E-state index in [2.05, 4.69) is 45.9 Å². The van der Waals surface area contributed by atoms with E-state index < -0.39 is 0 Å². The van der Waals surface area contributed by atoms with Gasteiger partial charge >= 0.3 is 5.97 Å². The lowest BCUT2D eigenvalue weighted by Crippen LogP contribution is -2.45. The molecule has 148 valence electrons. The van der Waals surface area contributed by atoms with Gasteiger partial charge in [-0.2, -0.15) is 0 Å². The molecule has 1 fully saturated rings. The van der Waals surface area contributed by atoms with Crippen molar-refractivity contribution in [3.8, 4) is 0 Å². The maximum Gasteiger partial charge on any atom is 0.338 e. The summed E-state index contributed by atoms with van der Waals surface area (Å²) in [5.74, 6) is -0.308. The normalized spacial score (nSPS) is 15.0. The van der Waals surface area contributed by atoms with Gasteiger partial charge in [-0.15, -0.1) is 0 Å². The molecular weight excluding hydrogens is 370 g/mol. The second kappa shape index (κ2) is 10.2. The molecule has 0 unspecified atom stereocenters. The Morgan fingerprint density at radius 3 is 2.43 bits per heavy atom. The number of likely N-dealkylation sites (tertiary alicyclic amines) is 1. The van der Waals surface area contributed by atoms with Crippen molar-refractivity contribution in [2.45, 2.75) is 32.4 Å². The third-order valence-corrected chi connectivity index (χ3v) is 5.05. The third-order valence-electron chi connectivity index (χ3n) is 4.83. The lowest BCUT2D eigenvalue weighted by Gasteiger charge is -2.33. The fourth-order valence-corrected chi connectivity index (χ4v) is 3.62. The fraction of sp³-hybridized carbons (Fsp3) is 0.364. The van der Waals surface area contributed by atoms with Gasteiger partial charge in [0.05, 0.1) is 12.2 Å². The fourth-order valence-electron chi connectivity index (χ4n) is 3.33. The monoisotopic (exact) mass is 397 g/mol. The molecule has 5 nitrogen and oxygen atoms in total. The summed E-state index contributed by atoms with van der Waals surface area (Å²) in [5, 5.41) is 7.22. The molecule has 1 aliphatic heterocycles. The molecule has 1 aliphatic rings. The summed E-state index contributed by atoms with van der Waals surface area (Å²) in [7, 11) is 0. The van der Waals surface area contributed by atoms with Gasteiger partial charge in [-0.25, -0.2) is 4.79 Å². The predicted molar refractivity (Wildman–Crippen MR) is 116 cm³/mol. The Hall–Kier alpha value is -2.44. The first-order valence-electron chi connectivity index (χ1n) is 9.75. The quantitative estimate of drug-likeness (QED) is 0.571. The summed E-state index contributed by atoms with van der Waals surface area (Å²) in [5.41, 5.74) is 2.75. The van der Waals surface area contributed by atoms with Gasteiger partial charge in [0, 0.05) is 31.4 Å². The molecule has 3 rings (SSSR count). The Morgan fingerprint density at radius 1 is 1.11 bits per heavy atom. The molecule has 0 bridgehead atoms. The van der Waals surface area contributed by atoms with Gasteiger partial charge in [-0.1, -0.05) is 30.3 Å². The van der Waals surface area contributed by atoms with Crippen LogP contribution in [0.15, 0.2) is 54.6 Å². The molecule has 1 heterocycles. The molecule has 2 aromatic carbocycles. The first kappa shape index (κ1) is 20.3. The van der Waals surface area contributed by atoms with Crippen LogP contribution in [0.4, 0.5) is 5.69 Å². The molecule has 0 radical (unpaired) electrons. The number of anilines is 1. The minimum Gasteiger partial charge on any atom is -0.462 e. The van der Waals surface area contributed by atoms with Crippen LogP contribution in [0.1, 0.15) is 35.7 Å². The number of carbonyl (C=O) groups is 1. The molecule has 6 heteroatoms. The van der Waals surface area contributed by atoms with Crippen molar-refractivity contribution in [1.82, 2.24) is 10.2 Å². The van der Waals surface area contributed by atoms with Crippen LogP contribution in [-0.4, -0.2) is 41.7 Å². The van der Waals surface area contributed by atoms with Crippen molar-refractivity contribution in [2.75, 3.05) is 25.0 Å². The van der Waals surface area contributed by atoms with Crippen LogP contribution in [0, 0.1) is 0 Å². The Labute approximate surface area is 172 Å². The van der Waals surface area contributed by atoms with Crippen molar-refractivity contribution < 1.29 is 9.53 Å². The van der Waals surface area contributed by atoms with Crippen molar-refractivity contribution >= 4 is 29.0 Å². The van der Waals surface area contributed by atoms with Crippen molar-refractivity contribution in [2.24, 2.45) is 0 Å². The van der Waals surface area contributed by atoms with Crippen LogP contribution in [-0.2, 0) is 11.3 Å². The van der Waals surface area contributed by atoms with E-state index in [-0.39, 0.29) is 5.97 Å². The third kappa shape index (κ3) is 6.04. The second-order valence-corrected chi connectivity index (χ2v) is 7.34. The smallest absolute Gasteiger partial charge is 0.338 e. The first-order valence-corrected chi connectivity index (χ1v) is 10.2. The second-order valence-electron chi connectivity index (χ2n) is 6.93. The van der Waals surface area contributed by atoms with E-state index in [1.165, 1.54) is 5.56 Å². The molecule has 28 heavy (non-hydrogen) atoms. The lowest BCUT2D eigenvalue weighted by molar-refractivity contribution is 0.0526. The maximum absolute atomic E-state index is 11.7. The number of nitrogens with zero attached hydrogens (tertiary/aromatic N) is 1. The number of rotatable bonds is 6. The van der Waals surface area contributed by atoms with Crippen LogP contribution in [0.5, 0.6) is 0 Å². The topological polar surface area (TPSA) is 53.6 Å². The molecule has 0 saturated carbocycles. The van der Waals surface area contributed by atoms with Gasteiger partial charge in [0.2, 0.25) is 0 Å². The van der Waals surface area contributed by atoms with E-state index in [4.69, 9.17) is 17.0 Å². The number of hydrogen-bond donors (Lipinski definition) is 2. The van der Waals surface area contributed by atoms with Crippen molar-refractivity contribution in [3.05, 3.63) is 65.7 Å². The van der Waals surface area contributed by atoms with Gasteiger partial charge in [-0.05, 0) is 61.8 Å². The number of ether oxygens (including phenoxy) is 1. The highest BCUT2D eigenvalue weighted by Crippen LogP contribution is 2.15. The summed E-state index contributed by atoms with van der Waals surface area (Å²) in [6, 6.07) is 18.1. The molecule has 0 aliphatic carbocycles. The largest absolute Gasteiger partial charge is 0.462 e. The van der Waals surface area contributed by atoms with Crippen LogP contribution in [0.2, 0.25) is 0 Å². The number of carbonyl (C=O) groups excluding carboxylic acids is 1. The zero-order chi connectivity index (χ0) is 19.8. The summed E-state index contributed by atoms with van der Waals surface area (Å²) in [4.78, 5) is 14.2. The highest BCUT2D eigenvalue weighted by Gasteiger charge is 2.19. The van der Waals surface area contributed by atoms with Gasteiger partial charge < -0.3 is 15.4 Å². The summed E-state index contributed by atoms with van der Waals surface area (Å²) < 4.78 is 4.99. The minimum atomic E-state index is -0.308. The minimum absolute atomic E-state index is 0.308. The Balaban J connectivity index is 1.41. The molecule has 0 atom stereocenters. The molecular formula is C22H27N3O2S. The molecule has 0 spiro atoms. The maximum atomic E-state index is 11.7. The Bertz CT molecular complexity index is 772. The van der Waals surface area contributed by atoms with Crippen LogP contribution in [0.3, 0.4) is 0 Å². The zero-order valence-corrected chi connectivity index (χ0v) is 17.0. The van der Waals surface area contributed by atoms with E-state index in [9.17, 15) is 4.79 Å². The van der Waals surface area contributed by atoms with Gasteiger partial charge in [0.15, 0.2) is 5.11 Å². The average Bonchev–Trinajstić information content (AvgIpc) is 2.71. The molecule has 2 N–H and O–H groups in total. The Kier molecular flexibility index (Phi) is 7.39. The lowest BCUT2D eigenvalue weighted by atomic mass is 10.0. The van der Waals surface area contributed by atoms with Crippen molar-refractivity contribution in [1.29, 1.82) is 0 Å². The predicted octanol–water partition coefficient (Wildman–Crippen LogP) is 3.81. The summed E-state index contributed by atoms with van der Waals surface area (Å²) >= 11 is 5.45. The molecule has 0 aromatic heterocycles. The molecule has 2 aromatic rings. The van der Waals surface area contributed by atoms with E-state index >= 15 is 0 Å². The van der Waals surface area contributed by atoms with Crippen LogP contribution >= 0.6 is 12.2 Å². The highest BCUT2D eigenvalue weighted by molar-refractivity contribution is 7.80. The summed E-state index contributed by atoms with van der Waals surface area (Å²) in [6.07, 6.45) is 2.13. The zero-order valence-electron chi connectivity index (χ0n) is 16.2. The van der Waals surface area contributed by atoms with Crippen molar-refractivity contribution in [3.63, 3.8) is 0 Å². The number of hydrogen-bond acceptors (Lipinski definition) is 4. The highest BCUT2D eigenvalue weighted by atomic mass is 32.1. The number of benzene rings is 2. The number of nitrogens with one attached hydrogen (secondary N) is 2. The summed E-state index contributed by atoms with van der Waals surface area (Å²) in [6.45, 7) is 5.29. The first-order chi connectivity index (χ1) is 13.6. The van der Waals surface area contributed by atoms with Gasteiger partial charge in [0.25, 0.3) is 0 Å². The van der Waals surface area contributed by atoms with Gasteiger partial charge in [-0.3, -0.25) is 4.90 Å². The van der Waals surface area contributed by atoms with E-state index in [0.29, 0.717) is 23.3 Å². The van der Waals surface area contributed by atoms with E-state index in [1.54, 1.807) is 19.1 Å². The van der Waals surface area contributed by atoms with E-state index in [0.717, 1.165) is 38.2 Å². The molecule has 0 amide bonds. The number of piperidine rings is 1. The number of thiocarbonyl (C=S) groups is 1. The van der Waals surface area contributed by atoms with Crippen LogP contribution < -0.4 is 10.6 Å². The average molecular weight is 398 g/mol. The van der Waals surface area contributed by atoms with Gasteiger partial charge in [0.1, 0.15) is 0 Å². The Morgan fingerprint density at radius 2 is 1.79 bits per heavy atom. The van der Waals surface area contributed by atoms with E-state index in [1.807, 2.05) is 12.1 Å². The SMILES string of the molecule is CCOC(=O)c1ccc(NC(=S)NC2CCN(Cc3ccccc3)CC2)cc1. The standard InChI is InChI=1S/C22H27N3O2S/c1-2-27-21(26)18-8-10-19(11-9-18)23-22(28)24-20-12-14-25(15-13-20)16-17-6-4-3-5-7-17/h3-11,20H,2,12-16H2,1H3,(H2,23,24,28). The number of esters is 1. The molecule has 1 saturated heterocycles. The van der Waals surface area contributed by atoms with Crippen LogP contribution in [0.25, 0.3) is 0 Å².